The highest BCUT2D eigenvalue weighted by Gasteiger charge is 2.22. The molecule has 2 fully saturated rings. The third kappa shape index (κ3) is 4.57. The van der Waals surface area contributed by atoms with Crippen molar-refractivity contribution in [3.8, 4) is 0 Å². The van der Waals surface area contributed by atoms with E-state index in [1.54, 1.807) is 0 Å². The van der Waals surface area contributed by atoms with Gasteiger partial charge in [0.15, 0.2) is 0 Å². The van der Waals surface area contributed by atoms with E-state index in [2.05, 4.69) is 40.0 Å². The van der Waals surface area contributed by atoms with Crippen LogP contribution < -0.4 is 10.2 Å². The van der Waals surface area contributed by atoms with Gasteiger partial charge in [0.1, 0.15) is 5.82 Å². The van der Waals surface area contributed by atoms with E-state index in [4.69, 9.17) is 9.72 Å². The molecule has 0 bridgehead atoms. The maximum Gasteiger partial charge on any atom is 0.224 e. The summed E-state index contributed by atoms with van der Waals surface area (Å²) in [6.45, 7) is 11.1. The van der Waals surface area contributed by atoms with Gasteiger partial charge in [-0.3, -0.25) is 4.90 Å². The summed E-state index contributed by atoms with van der Waals surface area (Å²) in [5.74, 6) is 1.85. The fraction of sp³-hybridized carbons (Fsp3) is 0.778. The van der Waals surface area contributed by atoms with Crippen LogP contribution in [0.3, 0.4) is 0 Å². The maximum absolute atomic E-state index is 5.39. The van der Waals surface area contributed by atoms with E-state index < -0.39 is 0 Å². The van der Waals surface area contributed by atoms with Gasteiger partial charge in [-0.2, -0.15) is 4.98 Å². The highest BCUT2D eigenvalue weighted by Crippen LogP contribution is 2.26. The van der Waals surface area contributed by atoms with E-state index in [0.717, 1.165) is 63.4 Å². The number of nitrogens with one attached hydrogen (secondary N) is 1. The molecule has 6 heteroatoms. The van der Waals surface area contributed by atoms with Crippen LogP contribution in [-0.2, 0) is 4.74 Å². The molecule has 0 aliphatic carbocycles. The summed E-state index contributed by atoms with van der Waals surface area (Å²) in [6.07, 6.45) is 5.06. The SMILES string of the molecule is CCC1CCCCN1c1cc(C)nc(NCCN2CCOCC2)n1. The van der Waals surface area contributed by atoms with Crippen LogP contribution in [0.2, 0.25) is 0 Å². The normalized spacial score (nSPS) is 22.6. The average Bonchev–Trinajstić information content (AvgIpc) is 2.62. The highest BCUT2D eigenvalue weighted by molar-refractivity contribution is 5.46. The number of rotatable bonds is 6. The number of hydrogen-bond acceptors (Lipinski definition) is 6. The quantitative estimate of drug-likeness (QED) is 0.862. The van der Waals surface area contributed by atoms with Crippen LogP contribution in [0.25, 0.3) is 0 Å². The molecule has 2 saturated heterocycles. The minimum absolute atomic E-state index is 0.620. The van der Waals surface area contributed by atoms with Crippen molar-refractivity contribution in [2.75, 3.05) is 56.2 Å². The van der Waals surface area contributed by atoms with Crippen molar-refractivity contribution in [1.82, 2.24) is 14.9 Å². The minimum atomic E-state index is 0.620. The van der Waals surface area contributed by atoms with Gasteiger partial charge in [-0.1, -0.05) is 6.92 Å². The monoisotopic (exact) mass is 333 g/mol. The van der Waals surface area contributed by atoms with E-state index >= 15 is 0 Å². The molecule has 0 amide bonds. The van der Waals surface area contributed by atoms with Crippen LogP contribution in [0, 0.1) is 6.92 Å². The molecule has 24 heavy (non-hydrogen) atoms. The largest absolute Gasteiger partial charge is 0.379 e. The van der Waals surface area contributed by atoms with E-state index in [9.17, 15) is 0 Å². The summed E-state index contributed by atoms with van der Waals surface area (Å²) in [6, 6.07) is 2.75. The second kappa shape index (κ2) is 8.62. The van der Waals surface area contributed by atoms with E-state index in [1.807, 2.05) is 0 Å². The first-order valence-corrected chi connectivity index (χ1v) is 9.42. The molecule has 0 saturated carbocycles. The molecule has 2 aliphatic rings. The Bertz CT molecular complexity index is 518. The number of aryl methyl sites for hydroxylation is 1. The van der Waals surface area contributed by atoms with Gasteiger partial charge in [-0.25, -0.2) is 4.98 Å². The van der Waals surface area contributed by atoms with Crippen molar-refractivity contribution >= 4 is 11.8 Å². The molecule has 6 nitrogen and oxygen atoms in total. The van der Waals surface area contributed by atoms with E-state index in [0.29, 0.717) is 6.04 Å². The van der Waals surface area contributed by atoms with Crippen LogP contribution in [0.5, 0.6) is 0 Å². The Balaban J connectivity index is 1.60. The Kier molecular flexibility index (Phi) is 6.26. The van der Waals surface area contributed by atoms with Crippen LogP contribution in [0.1, 0.15) is 38.3 Å². The molecule has 134 valence electrons. The number of nitrogens with zero attached hydrogens (tertiary/aromatic N) is 4. The Morgan fingerprint density at radius 1 is 1.21 bits per heavy atom. The number of aromatic nitrogens is 2. The van der Waals surface area contributed by atoms with Crippen molar-refractivity contribution in [1.29, 1.82) is 0 Å². The summed E-state index contributed by atoms with van der Waals surface area (Å²) < 4.78 is 5.39. The fourth-order valence-electron chi connectivity index (χ4n) is 3.66. The Morgan fingerprint density at radius 2 is 2.04 bits per heavy atom. The van der Waals surface area contributed by atoms with E-state index in [1.165, 1.54) is 25.7 Å². The number of morpholine rings is 1. The summed E-state index contributed by atoms with van der Waals surface area (Å²) in [4.78, 5) is 14.3. The Labute approximate surface area is 145 Å². The second-order valence-corrected chi connectivity index (χ2v) is 6.82. The number of anilines is 2. The molecule has 0 aromatic carbocycles. The zero-order valence-electron chi connectivity index (χ0n) is 15.1. The van der Waals surface area contributed by atoms with E-state index in [-0.39, 0.29) is 0 Å². The van der Waals surface area contributed by atoms with Crippen LogP contribution in [-0.4, -0.2) is 66.8 Å². The standard InChI is InChI=1S/C18H31N5O/c1-3-16-6-4-5-8-23(16)17-14-15(2)20-18(21-17)19-7-9-22-10-12-24-13-11-22/h14,16H,3-13H2,1-2H3,(H,19,20,21). The highest BCUT2D eigenvalue weighted by atomic mass is 16.5. The lowest BCUT2D eigenvalue weighted by molar-refractivity contribution is 0.0398. The van der Waals surface area contributed by atoms with Crippen LogP contribution in [0.4, 0.5) is 11.8 Å². The molecule has 0 spiro atoms. The molecule has 0 radical (unpaired) electrons. The molecule has 2 aliphatic heterocycles. The van der Waals surface area contributed by atoms with Gasteiger partial charge in [0.25, 0.3) is 0 Å². The smallest absolute Gasteiger partial charge is 0.224 e. The maximum atomic E-state index is 5.39. The Hall–Kier alpha value is -1.40. The second-order valence-electron chi connectivity index (χ2n) is 6.82. The molecule has 1 aromatic rings. The van der Waals surface area contributed by atoms with Crippen molar-refractivity contribution in [3.05, 3.63) is 11.8 Å². The molecular weight excluding hydrogens is 302 g/mol. The molecular formula is C18H31N5O. The first-order chi connectivity index (χ1) is 11.8. The van der Waals surface area contributed by atoms with Gasteiger partial charge in [0, 0.05) is 50.5 Å². The summed E-state index contributed by atoms with van der Waals surface area (Å²) >= 11 is 0. The zero-order chi connectivity index (χ0) is 16.8. The van der Waals surface area contributed by atoms with Gasteiger partial charge in [-0.15, -0.1) is 0 Å². The predicted octanol–water partition coefficient (Wildman–Crippen LogP) is 2.30. The van der Waals surface area contributed by atoms with Gasteiger partial charge in [0.2, 0.25) is 5.95 Å². The molecule has 1 aromatic heterocycles. The third-order valence-electron chi connectivity index (χ3n) is 5.05. The number of hydrogen-bond donors (Lipinski definition) is 1. The van der Waals surface area contributed by atoms with Gasteiger partial charge < -0.3 is 15.0 Å². The molecule has 1 unspecified atom stereocenters. The molecule has 1 N–H and O–H groups in total. The van der Waals surface area contributed by atoms with Crippen molar-refractivity contribution < 1.29 is 4.74 Å². The zero-order valence-corrected chi connectivity index (χ0v) is 15.1. The van der Waals surface area contributed by atoms with Gasteiger partial charge in [0.05, 0.1) is 13.2 Å². The van der Waals surface area contributed by atoms with Gasteiger partial charge >= 0.3 is 0 Å². The topological polar surface area (TPSA) is 53.5 Å². The first kappa shape index (κ1) is 17.4. The molecule has 1 atom stereocenters. The van der Waals surface area contributed by atoms with Crippen LogP contribution in [0.15, 0.2) is 6.07 Å². The van der Waals surface area contributed by atoms with Crippen molar-refractivity contribution in [3.63, 3.8) is 0 Å². The number of piperidine rings is 1. The lowest BCUT2D eigenvalue weighted by Crippen LogP contribution is -2.40. The summed E-state index contributed by atoms with van der Waals surface area (Å²) in [5.41, 5.74) is 1.04. The average molecular weight is 333 g/mol. The minimum Gasteiger partial charge on any atom is -0.379 e. The predicted molar refractivity (Wildman–Crippen MR) is 97.8 cm³/mol. The molecule has 3 rings (SSSR count). The fourth-order valence-corrected chi connectivity index (χ4v) is 3.66. The van der Waals surface area contributed by atoms with Gasteiger partial charge in [-0.05, 0) is 32.6 Å². The summed E-state index contributed by atoms with van der Waals surface area (Å²) in [5, 5.41) is 3.41. The lowest BCUT2D eigenvalue weighted by atomic mass is 10.00. The summed E-state index contributed by atoms with van der Waals surface area (Å²) in [7, 11) is 0. The molecule has 3 heterocycles. The van der Waals surface area contributed by atoms with Crippen molar-refractivity contribution in [2.45, 2.75) is 45.6 Å². The number of ether oxygens (including phenoxy) is 1. The Morgan fingerprint density at radius 3 is 2.83 bits per heavy atom. The first-order valence-electron chi connectivity index (χ1n) is 9.42. The lowest BCUT2D eigenvalue weighted by Gasteiger charge is -2.36. The van der Waals surface area contributed by atoms with Crippen LogP contribution >= 0.6 is 0 Å². The van der Waals surface area contributed by atoms with Crippen molar-refractivity contribution in [2.24, 2.45) is 0 Å². The third-order valence-corrected chi connectivity index (χ3v) is 5.05.